The van der Waals surface area contributed by atoms with E-state index in [2.05, 4.69) is 11.9 Å². The molecule has 2 aromatic carbocycles. The summed E-state index contributed by atoms with van der Waals surface area (Å²) in [5.41, 5.74) is 2.20. The lowest BCUT2D eigenvalue weighted by Crippen LogP contribution is -2.42. The molecule has 0 unspecified atom stereocenters. The number of fused-ring (bicyclic) bond motifs is 1. The lowest BCUT2D eigenvalue weighted by molar-refractivity contribution is 0.0590. The maximum atomic E-state index is 13.7. The minimum atomic E-state index is -0.0381. The molecule has 5 nitrogen and oxygen atoms in total. The van der Waals surface area contributed by atoms with Gasteiger partial charge in [-0.25, -0.2) is 4.98 Å². The standard InChI is InChI=1S/C26H29ClN2O3/c1-17-8-10-20(11-9-17)29(26(30)22-6-4-5-7-24(22)32-3)16-19-14-18-15-21(31-2)12-13-23(18)28-25(19)27/h4-7,12-15,17,20H,8-11,16H2,1-3H3. The summed E-state index contributed by atoms with van der Waals surface area (Å²) in [6.45, 7) is 2.68. The van der Waals surface area contributed by atoms with Gasteiger partial charge in [0.15, 0.2) is 0 Å². The highest BCUT2D eigenvalue weighted by Crippen LogP contribution is 2.32. The molecule has 1 saturated carbocycles. The Morgan fingerprint density at radius 1 is 1.06 bits per heavy atom. The Morgan fingerprint density at radius 2 is 1.81 bits per heavy atom. The van der Waals surface area contributed by atoms with Gasteiger partial charge >= 0.3 is 0 Å². The Bertz CT molecular complexity index is 1110. The van der Waals surface area contributed by atoms with Crippen LogP contribution in [0.4, 0.5) is 0 Å². The zero-order valence-electron chi connectivity index (χ0n) is 18.8. The number of benzene rings is 2. The van der Waals surface area contributed by atoms with Crippen LogP contribution in [0.15, 0.2) is 48.5 Å². The van der Waals surface area contributed by atoms with Gasteiger partial charge in [0.1, 0.15) is 16.7 Å². The van der Waals surface area contributed by atoms with Crippen LogP contribution in [0.5, 0.6) is 11.5 Å². The second-order valence-electron chi connectivity index (χ2n) is 8.54. The normalized spacial score (nSPS) is 18.4. The van der Waals surface area contributed by atoms with Gasteiger partial charge in [0.2, 0.25) is 0 Å². The first-order chi connectivity index (χ1) is 15.5. The Morgan fingerprint density at radius 3 is 2.53 bits per heavy atom. The van der Waals surface area contributed by atoms with Crippen LogP contribution in [0.25, 0.3) is 10.9 Å². The molecule has 0 spiro atoms. The minimum Gasteiger partial charge on any atom is -0.497 e. The maximum absolute atomic E-state index is 13.7. The number of ether oxygens (including phenoxy) is 2. The van der Waals surface area contributed by atoms with Gasteiger partial charge in [-0.2, -0.15) is 0 Å². The van der Waals surface area contributed by atoms with Gasteiger partial charge in [-0.1, -0.05) is 30.7 Å². The SMILES string of the molecule is COc1ccc2nc(Cl)c(CN(C(=O)c3ccccc3OC)C3CCC(C)CC3)cc2c1. The summed E-state index contributed by atoms with van der Waals surface area (Å²) in [4.78, 5) is 20.3. The van der Waals surface area contributed by atoms with Crippen molar-refractivity contribution in [2.24, 2.45) is 5.92 Å². The number of hydrogen-bond donors (Lipinski definition) is 0. The number of halogens is 1. The molecule has 1 aromatic heterocycles. The number of carbonyl (C=O) groups excluding carboxylic acids is 1. The number of pyridine rings is 1. The van der Waals surface area contributed by atoms with Gasteiger partial charge in [0.25, 0.3) is 5.91 Å². The van der Waals surface area contributed by atoms with Crippen molar-refractivity contribution in [1.29, 1.82) is 0 Å². The molecule has 1 heterocycles. The summed E-state index contributed by atoms with van der Waals surface area (Å²) >= 11 is 6.59. The fourth-order valence-corrected chi connectivity index (χ4v) is 4.70. The Kier molecular flexibility index (Phi) is 6.85. The van der Waals surface area contributed by atoms with E-state index in [9.17, 15) is 4.79 Å². The van der Waals surface area contributed by atoms with Crippen molar-refractivity contribution < 1.29 is 14.3 Å². The molecule has 0 radical (unpaired) electrons. The van der Waals surface area contributed by atoms with Crippen LogP contribution >= 0.6 is 11.6 Å². The number of aromatic nitrogens is 1. The summed E-state index contributed by atoms with van der Waals surface area (Å²) in [6, 6.07) is 15.3. The van der Waals surface area contributed by atoms with Crippen molar-refractivity contribution in [3.63, 3.8) is 0 Å². The summed E-state index contributed by atoms with van der Waals surface area (Å²) in [5, 5.41) is 1.36. The molecule has 168 valence electrons. The van der Waals surface area contributed by atoms with E-state index in [1.54, 1.807) is 14.2 Å². The largest absolute Gasteiger partial charge is 0.497 e. The van der Waals surface area contributed by atoms with Crippen LogP contribution in [0, 0.1) is 5.92 Å². The van der Waals surface area contributed by atoms with E-state index in [4.69, 9.17) is 21.1 Å². The number of amides is 1. The highest BCUT2D eigenvalue weighted by Gasteiger charge is 2.30. The van der Waals surface area contributed by atoms with Crippen molar-refractivity contribution in [2.75, 3.05) is 14.2 Å². The first-order valence-corrected chi connectivity index (χ1v) is 11.4. The Labute approximate surface area is 194 Å². The summed E-state index contributed by atoms with van der Waals surface area (Å²) in [5.74, 6) is 1.99. The molecule has 1 aliphatic carbocycles. The molecule has 4 rings (SSSR count). The summed E-state index contributed by atoms with van der Waals surface area (Å²) in [6.07, 6.45) is 4.19. The Hall–Kier alpha value is -2.79. The van der Waals surface area contributed by atoms with E-state index in [0.29, 0.717) is 28.9 Å². The van der Waals surface area contributed by atoms with Gasteiger partial charge in [0, 0.05) is 23.5 Å². The van der Waals surface area contributed by atoms with Crippen LogP contribution in [0.1, 0.15) is 48.5 Å². The van der Waals surface area contributed by atoms with Crippen LogP contribution < -0.4 is 9.47 Å². The highest BCUT2D eigenvalue weighted by molar-refractivity contribution is 6.30. The molecule has 1 aliphatic rings. The number of methoxy groups -OCH3 is 2. The lowest BCUT2D eigenvalue weighted by Gasteiger charge is -2.36. The average molecular weight is 453 g/mol. The monoisotopic (exact) mass is 452 g/mol. The first-order valence-electron chi connectivity index (χ1n) is 11.1. The number of rotatable bonds is 6. The van der Waals surface area contributed by atoms with Crippen LogP contribution in [0.3, 0.4) is 0 Å². The van der Waals surface area contributed by atoms with E-state index < -0.39 is 0 Å². The molecule has 32 heavy (non-hydrogen) atoms. The lowest BCUT2D eigenvalue weighted by atomic mass is 9.86. The average Bonchev–Trinajstić information content (AvgIpc) is 2.82. The van der Waals surface area contributed by atoms with Crippen molar-refractivity contribution in [3.8, 4) is 11.5 Å². The molecular weight excluding hydrogens is 424 g/mol. The third-order valence-corrected chi connectivity index (χ3v) is 6.74. The fourth-order valence-electron chi connectivity index (χ4n) is 4.49. The highest BCUT2D eigenvalue weighted by atomic mass is 35.5. The van der Waals surface area contributed by atoms with Gasteiger partial charge in [-0.15, -0.1) is 0 Å². The first kappa shape index (κ1) is 22.4. The summed E-state index contributed by atoms with van der Waals surface area (Å²) in [7, 11) is 3.24. The second-order valence-corrected chi connectivity index (χ2v) is 8.90. The molecular formula is C26H29ClN2O3. The van der Waals surface area contributed by atoms with Crippen molar-refractivity contribution in [3.05, 3.63) is 64.8 Å². The molecule has 1 amide bonds. The zero-order valence-corrected chi connectivity index (χ0v) is 19.6. The number of hydrogen-bond acceptors (Lipinski definition) is 4. The number of para-hydroxylation sites is 1. The maximum Gasteiger partial charge on any atom is 0.258 e. The smallest absolute Gasteiger partial charge is 0.258 e. The topological polar surface area (TPSA) is 51.7 Å². The number of carbonyl (C=O) groups is 1. The van der Waals surface area contributed by atoms with Crippen LogP contribution in [-0.4, -0.2) is 36.1 Å². The second kappa shape index (κ2) is 9.78. The van der Waals surface area contributed by atoms with Gasteiger partial charge in [-0.05, 0) is 68.0 Å². The molecule has 1 fully saturated rings. The third kappa shape index (κ3) is 4.68. The van der Waals surface area contributed by atoms with Gasteiger partial charge < -0.3 is 14.4 Å². The molecule has 3 aromatic rings. The third-order valence-electron chi connectivity index (χ3n) is 6.41. The molecule has 0 atom stereocenters. The minimum absolute atomic E-state index is 0.0381. The molecule has 0 bridgehead atoms. The molecule has 0 saturated heterocycles. The van der Waals surface area contributed by atoms with E-state index in [1.807, 2.05) is 53.4 Å². The van der Waals surface area contributed by atoms with E-state index >= 15 is 0 Å². The van der Waals surface area contributed by atoms with E-state index in [1.165, 1.54) is 0 Å². The van der Waals surface area contributed by atoms with Gasteiger partial charge in [-0.3, -0.25) is 4.79 Å². The van der Waals surface area contributed by atoms with Crippen molar-refractivity contribution >= 4 is 28.4 Å². The van der Waals surface area contributed by atoms with Gasteiger partial charge in [0.05, 0.1) is 25.3 Å². The van der Waals surface area contributed by atoms with E-state index in [0.717, 1.165) is 47.9 Å². The zero-order chi connectivity index (χ0) is 22.7. The van der Waals surface area contributed by atoms with Crippen LogP contribution in [-0.2, 0) is 6.54 Å². The summed E-state index contributed by atoms with van der Waals surface area (Å²) < 4.78 is 10.8. The predicted molar refractivity (Wildman–Crippen MR) is 128 cm³/mol. The molecule has 0 aliphatic heterocycles. The van der Waals surface area contributed by atoms with Crippen molar-refractivity contribution in [2.45, 2.75) is 45.2 Å². The van der Waals surface area contributed by atoms with Crippen molar-refractivity contribution in [1.82, 2.24) is 9.88 Å². The number of nitrogens with zero attached hydrogens (tertiary/aromatic N) is 2. The van der Waals surface area contributed by atoms with Crippen LogP contribution in [0.2, 0.25) is 5.15 Å². The fraction of sp³-hybridized carbons (Fsp3) is 0.385. The molecule has 0 N–H and O–H groups in total. The molecule has 6 heteroatoms. The Balaban J connectivity index is 1.72. The van der Waals surface area contributed by atoms with E-state index in [-0.39, 0.29) is 11.9 Å². The predicted octanol–water partition coefficient (Wildman–Crippen LogP) is 6.13. The quantitative estimate of drug-likeness (QED) is 0.422.